The molecular formula is C14H19NO3. The van der Waals surface area contributed by atoms with Crippen molar-refractivity contribution in [2.75, 3.05) is 6.79 Å². The summed E-state index contributed by atoms with van der Waals surface area (Å²) in [5, 5.41) is 11.5. The van der Waals surface area contributed by atoms with E-state index in [4.69, 9.17) is 9.47 Å². The van der Waals surface area contributed by atoms with E-state index in [-0.39, 0.29) is 12.0 Å². The van der Waals surface area contributed by atoms with Crippen LogP contribution in [0.1, 0.15) is 26.3 Å². The summed E-state index contributed by atoms with van der Waals surface area (Å²) in [6, 6.07) is 5.91. The van der Waals surface area contributed by atoms with E-state index in [9.17, 15) is 5.21 Å². The second kappa shape index (κ2) is 5.29. The van der Waals surface area contributed by atoms with Crippen LogP contribution in [-0.4, -0.2) is 23.8 Å². The molecule has 1 aromatic rings. The maximum atomic E-state index is 11.5. The van der Waals surface area contributed by atoms with Crippen LogP contribution in [-0.2, 0) is 6.42 Å². The summed E-state index contributed by atoms with van der Waals surface area (Å²) in [5.41, 5.74) is 1.15. The molecule has 98 valence electrons. The molecule has 2 rings (SSSR count). The zero-order chi connectivity index (χ0) is 13.1. The quantitative estimate of drug-likeness (QED) is 0.356. The fourth-order valence-corrected chi connectivity index (χ4v) is 1.92. The Bertz CT molecular complexity index is 454. The molecule has 0 aliphatic carbocycles. The van der Waals surface area contributed by atoms with Crippen LogP contribution in [0.5, 0.6) is 11.5 Å². The van der Waals surface area contributed by atoms with Crippen LogP contribution >= 0.6 is 0 Å². The van der Waals surface area contributed by atoms with Gasteiger partial charge in [0.05, 0.1) is 0 Å². The van der Waals surface area contributed by atoms with Gasteiger partial charge in [-0.15, -0.1) is 0 Å². The summed E-state index contributed by atoms with van der Waals surface area (Å²) in [6.07, 6.45) is 2.55. The molecule has 1 unspecified atom stereocenters. The summed E-state index contributed by atoms with van der Waals surface area (Å²) in [6.45, 7) is 6.10. The molecule has 0 radical (unpaired) electrons. The standard InChI is InChI=1S/C14H19NO3/c1-10(2)15(16)8-11(3)6-12-4-5-13-14(7-12)18-9-17-13/h4-5,7-8,10-11H,6,9H2,1-3H3. The summed E-state index contributed by atoms with van der Waals surface area (Å²) in [5.74, 6) is 1.79. The molecule has 0 N–H and O–H groups in total. The molecule has 0 bridgehead atoms. The lowest BCUT2D eigenvalue weighted by atomic mass is 10.0. The van der Waals surface area contributed by atoms with E-state index in [1.165, 1.54) is 0 Å². The van der Waals surface area contributed by atoms with Gasteiger partial charge in [0.1, 0.15) is 0 Å². The number of rotatable bonds is 4. The average molecular weight is 249 g/mol. The van der Waals surface area contributed by atoms with E-state index >= 15 is 0 Å². The molecule has 0 aromatic heterocycles. The second-order valence-corrected chi connectivity index (χ2v) is 4.97. The van der Waals surface area contributed by atoms with E-state index in [2.05, 4.69) is 0 Å². The molecule has 4 heteroatoms. The summed E-state index contributed by atoms with van der Waals surface area (Å²) in [4.78, 5) is 0. The van der Waals surface area contributed by atoms with E-state index in [1.807, 2.05) is 39.0 Å². The van der Waals surface area contributed by atoms with Crippen LogP contribution < -0.4 is 9.47 Å². The highest BCUT2D eigenvalue weighted by molar-refractivity contribution is 5.56. The van der Waals surface area contributed by atoms with Crippen molar-refractivity contribution in [3.63, 3.8) is 0 Å². The van der Waals surface area contributed by atoms with Gasteiger partial charge >= 0.3 is 0 Å². The Kier molecular flexibility index (Phi) is 3.75. The third-order valence-corrected chi connectivity index (χ3v) is 2.91. The van der Waals surface area contributed by atoms with E-state index in [1.54, 1.807) is 6.21 Å². The van der Waals surface area contributed by atoms with Crippen LogP contribution in [0.3, 0.4) is 0 Å². The van der Waals surface area contributed by atoms with Gasteiger partial charge in [-0.1, -0.05) is 13.0 Å². The predicted molar refractivity (Wildman–Crippen MR) is 70.3 cm³/mol. The minimum absolute atomic E-state index is 0.01000. The zero-order valence-electron chi connectivity index (χ0n) is 11.1. The fraction of sp³-hybridized carbons (Fsp3) is 0.500. The SMILES string of the molecule is CC(C=[N+]([O-])C(C)C)Cc1ccc2c(c1)OCO2. The fourth-order valence-electron chi connectivity index (χ4n) is 1.92. The molecule has 18 heavy (non-hydrogen) atoms. The molecule has 1 heterocycles. The molecule has 1 aliphatic rings. The Morgan fingerprint density at radius 1 is 1.28 bits per heavy atom. The van der Waals surface area contributed by atoms with Gasteiger partial charge in [-0.3, -0.25) is 0 Å². The number of hydroxylamine groups is 1. The first-order valence-electron chi connectivity index (χ1n) is 6.25. The second-order valence-electron chi connectivity index (χ2n) is 4.97. The van der Waals surface area contributed by atoms with Gasteiger partial charge in [-0.25, -0.2) is 4.74 Å². The number of ether oxygens (including phenoxy) is 2. The van der Waals surface area contributed by atoms with Gasteiger partial charge in [-0.05, 0) is 38.0 Å². The predicted octanol–water partition coefficient (Wildman–Crippen LogP) is 2.58. The van der Waals surface area contributed by atoms with Crippen molar-refractivity contribution in [3.8, 4) is 11.5 Å². The summed E-state index contributed by atoms with van der Waals surface area (Å²) in [7, 11) is 0. The number of hydrogen-bond acceptors (Lipinski definition) is 3. The van der Waals surface area contributed by atoms with Gasteiger partial charge in [-0.2, -0.15) is 0 Å². The lowest BCUT2D eigenvalue weighted by Crippen LogP contribution is -2.18. The molecule has 1 atom stereocenters. The molecule has 0 fully saturated rings. The van der Waals surface area contributed by atoms with Crippen LogP contribution in [0.15, 0.2) is 18.2 Å². The first-order chi connectivity index (χ1) is 8.56. The van der Waals surface area contributed by atoms with Crippen molar-refractivity contribution in [1.82, 2.24) is 0 Å². The van der Waals surface area contributed by atoms with Crippen molar-refractivity contribution in [2.24, 2.45) is 5.92 Å². The largest absolute Gasteiger partial charge is 0.624 e. The summed E-state index contributed by atoms with van der Waals surface area (Å²) >= 11 is 0. The lowest BCUT2D eigenvalue weighted by molar-refractivity contribution is -0.489. The molecular weight excluding hydrogens is 230 g/mol. The van der Waals surface area contributed by atoms with Crippen LogP contribution in [0.2, 0.25) is 0 Å². The summed E-state index contributed by atoms with van der Waals surface area (Å²) < 4.78 is 11.6. The molecule has 0 amide bonds. The number of benzene rings is 1. The Balaban J connectivity index is 2.03. The van der Waals surface area contributed by atoms with Gasteiger partial charge in [0.25, 0.3) is 0 Å². The zero-order valence-corrected chi connectivity index (χ0v) is 11.1. The third kappa shape index (κ3) is 2.94. The van der Waals surface area contributed by atoms with Crippen molar-refractivity contribution in [2.45, 2.75) is 33.2 Å². The lowest BCUT2D eigenvalue weighted by Gasteiger charge is -2.11. The monoisotopic (exact) mass is 249 g/mol. The Morgan fingerprint density at radius 3 is 2.72 bits per heavy atom. The average Bonchev–Trinajstić information content (AvgIpc) is 2.75. The van der Waals surface area contributed by atoms with E-state index in [0.29, 0.717) is 6.79 Å². The van der Waals surface area contributed by atoms with Crippen LogP contribution in [0.25, 0.3) is 0 Å². The molecule has 0 spiro atoms. The maximum Gasteiger partial charge on any atom is 0.231 e. The minimum atomic E-state index is -0.01000. The Hall–Kier alpha value is -1.71. The van der Waals surface area contributed by atoms with Gasteiger partial charge < -0.3 is 14.7 Å². The van der Waals surface area contributed by atoms with Crippen molar-refractivity contribution >= 4 is 6.21 Å². The van der Waals surface area contributed by atoms with E-state index in [0.717, 1.165) is 28.2 Å². The van der Waals surface area contributed by atoms with Gasteiger partial charge in [0.15, 0.2) is 23.8 Å². The number of nitrogens with zero attached hydrogens (tertiary/aromatic N) is 1. The Morgan fingerprint density at radius 2 is 2.00 bits per heavy atom. The van der Waals surface area contributed by atoms with Crippen LogP contribution in [0.4, 0.5) is 0 Å². The van der Waals surface area contributed by atoms with Crippen molar-refractivity contribution < 1.29 is 14.2 Å². The van der Waals surface area contributed by atoms with Crippen molar-refractivity contribution in [1.29, 1.82) is 0 Å². The van der Waals surface area contributed by atoms with Crippen LogP contribution in [0, 0.1) is 11.1 Å². The molecule has 4 nitrogen and oxygen atoms in total. The normalized spacial score (nSPS) is 16.1. The maximum absolute atomic E-state index is 11.5. The highest BCUT2D eigenvalue weighted by atomic mass is 16.7. The minimum Gasteiger partial charge on any atom is -0.624 e. The smallest absolute Gasteiger partial charge is 0.231 e. The van der Waals surface area contributed by atoms with Crippen molar-refractivity contribution in [3.05, 3.63) is 29.0 Å². The van der Waals surface area contributed by atoms with E-state index < -0.39 is 0 Å². The number of hydrogen-bond donors (Lipinski definition) is 0. The Labute approximate surface area is 107 Å². The first-order valence-corrected chi connectivity index (χ1v) is 6.25. The van der Waals surface area contributed by atoms with Gasteiger partial charge in [0, 0.05) is 5.92 Å². The highest BCUT2D eigenvalue weighted by Gasteiger charge is 2.14. The molecule has 1 aliphatic heterocycles. The third-order valence-electron chi connectivity index (χ3n) is 2.91. The molecule has 0 saturated carbocycles. The molecule has 0 saturated heterocycles. The van der Waals surface area contributed by atoms with Gasteiger partial charge in [0.2, 0.25) is 6.79 Å². The number of fused-ring (bicyclic) bond motifs is 1. The molecule has 1 aromatic carbocycles. The first kappa shape index (κ1) is 12.7. The highest BCUT2D eigenvalue weighted by Crippen LogP contribution is 2.32. The topological polar surface area (TPSA) is 44.5 Å².